The monoisotopic (exact) mass is 304 g/mol. The van der Waals surface area contributed by atoms with Gasteiger partial charge in [-0.1, -0.05) is 30.7 Å². The van der Waals surface area contributed by atoms with Gasteiger partial charge in [-0.2, -0.15) is 4.98 Å². The fraction of sp³-hybridized carbons (Fsp3) is 0.375. The molecule has 1 atom stereocenters. The lowest BCUT2D eigenvalue weighted by Gasteiger charge is -2.13. The fourth-order valence-corrected chi connectivity index (χ4v) is 1.97. The normalized spacial score (nSPS) is 12.0. The number of nitrogens with one attached hydrogen (secondary N) is 2. The number of benzene rings is 1. The number of anilines is 2. The smallest absolute Gasteiger partial charge is 0.225 e. The zero-order valence-electron chi connectivity index (χ0n) is 12.7. The molecule has 0 bridgehead atoms. The molecule has 0 aliphatic heterocycles. The SMILES string of the molecule is CCC(C)Nc1nc(C)cc(NCc2ccc(Cl)cc2)n1. The van der Waals surface area contributed by atoms with E-state index in [1.807, 2.05) is 37.3 Å². The molecule has 0 fully saturated rings. The molecular weight excluding hydrogens is 284 g/mol. The van der Waals surface area contributed by atoms with Gasteiger partial charge in [0.1, 0.15) is 5.82 Å². The predicted molar refractivity (Wildman–Crippen MR) is 88.9 cm³/mol. The second kappa shape index (κ2) is 7.27. The van der Waals surface area contributed by atoms with Crippen molar-refractivity contribution in [2.24, 2.45) is 0 Å². The molecule has 0 aliphatic rings. The van der Waals surface area contributed by atoms with Crippen molar-refractivity contribution < 1.29 is 0 Å². The van der Waals surface area contributed by atoms with Gasteiger partial charge < -0.3 is 10.6 Å². The second-order valence-corrected chi connectivity index (χ2v) is 5.59. The molecule has 0 radical (unpaired) electrons. The predicted octanol–water partition coefficient (Wildman–Crippen LogP) is 4.26. The Labute approximate surface area is 131 Å². The summed E-state index contributed by atoms with van der Waals surface area (Å²) in [5.41, 5.74) is 2.10. The Morgan fingerprint density at radius 1 is 1.19 bits per heavy atom. The molecule has 2 N–H and O–H groups in total. The van der Waals surface area contributed by atoms with Gasteiger partial charge in [-0.25, -0.2) is 4.98 Å². The molecule has 1 aromatic carbocycles. The van der Waals surface area contributed by atoms with E-state index in [1.54, 1.807) is 0 Å². The van der Waals surface area contributed by atoms with E-state index in [0.29, 0.717) is 18.5 Å². The Hall–Kier alpha value is -1.81. The Balaban J connectivity index is 2.04. The number of hydrogen-bond donors (Lipinski definition) is 2. The van der Waals surface area contributed by atoms with Crippen LogP contribution in [0.15, 0.2) is 30.3 Å². The van der Waals surface area contributed by atoms with Gasteiger partial charge >= 0.3 is 0 Å². The first kappa shape index (κ1) is 15.6. The molecule has 2 rings (SSSR count). The minimum atomic E-state index is 0.357. The summed E-state index contributed by atoms with van der Waals surface area (Å²) in [6, 6.07) is 10.1. The van der Waals surface area contributed by atoms with Gasteiger partial charge in [0.2, 0.25) is 5.95 Å². The quantitative estimate of drug-likeness (QED) is 0.837. The number of halogens is 1. The molecule has 0 saturated carbocycles. The molecule has 1 unspecified atom stereocenters. The summed E-state index contributed by atoms with van der Waals surface area (Å²) >= 11 is 5.88. The molecule has 0 saturated heterocycles. The van der Waals surface area contributed by atoms with E-state index in [4.69, 9.17) is 11.6 Å². The minimum Gasteiger partial charge on any atom is -0.366 e. The Kier molecular flexibility index (Phi) is 5.39. The van der Waals surface area contributed by atoms with Crippen molar-refractivity contribution in [2.75, 3.05) is 10.6 Å². The van der Waals surface area contributed by atoms with Crippen LogP contribution in [0.25, 0.3) is 0 Å². The van der Waals surface area contributed by atoms with Crippen LogP contribution in [0.1, 0.15) is 31.5 Å². The van der Waals surface area contributed by atoms with E-state index in [-0.39, 0.29) is 0 Å². The van der Waals surface area contributed by atoms with E-state index in [0.717, 1.165) is 28.5 Å². The molecular formula is C16H21ClN4. The molecule has 5 heteroatoms. The Morgan fingerprint density at radius 2 is 1.90 bits per heavy atom. The first-order chi connectivity index (χ1) is 10.1. The summed E-state index contributed by atoms with van der Waals surface area (Å²) in [6.45, 7) is 6.92. The summed E-state index contributed by atoms with van der Waals surface area (Å²) in [5, 5.41) is 7.36. The number of aromatic nitrogens is 2. The lowest BCUT2D eigenvalue weighted by Crippen LogP contribution is -2.16. The van der Waals surface area contributed by atoms with Crippen molar-refractivity contribution in [1.29, 1.82) is 0 Å². The molecule has 112 valence electrons. The lowest BCUT2D eigenvalue weighted by molar-refractivity contribution is 0.751. The van der Waals surface area contributed by atoms with Crippen LogP contribution >= 0.6 is 11.6 Å². The van der Waals surface area contributed by atoms with Crippen molar-refractivity contribution in [3.05, 3.63) is 46.6 Å². The zero-order valence-corrected chi connectivity index (χ0v) is 13.4. The maximum Gasteiger partial charge on any atom is 0.225 e. The first-order valence-electron chi connectivity index (χ1n) is 7.17. The summed E-state index contributed by atoms with van der Waals surface area (Å²) in [5.74, 6) is 1.49. The third-order valence-corrected chi connectivity index (χ3v) is 3.48. The Morgan fingerprint density at radius 3 is 2.57 bits per heavy atom. The van der Waals surface area contributed by atoms with Crippen LogP contribution in [-0.2, 0) is 6.54 Å². The number of rotatable bonds is 6. The number of aryl methyl sites for hydroxylation is 1. The van der Waals surface area contributed by atoms with Gasteiger partial charge in [-0.3, -0.25) is 0 Å². The van der Waals surface area contributed by atoms with E-state index >= 15 is 0 Å². The van der Waals surface area contributed by atoms with Crippen molar-refractivity contribution >= 4 is 23.4 Å². The van der Waals surface area contributed by atoms with Gasteiger partial charge in [0, 0.05) is 29.4 Å². The molecule has 2 aromatic rings. The van der Waals surface area contributed by atoms with Crippen LogP contribution in [0, 0.1) is 6.92 Å². The summed E-state index contributed by atoms with van der Waals surface area (Å²) in [4.78, 5) is 8.90. The number of nitrogens with zero attached hydrogens (tertiary/aromatic N) is 2. The van der Waals surface area contributed by atoms with Crippen molar-refractivity contribution in [1.82, 2.24) is 9.97 Å². The minimum absolute atomic E-state index is 0.357. The molecule has 0 aliphatic carbocycles. The molecule has 1 aromatic heterocycles. The average Bonchev–Trinajstić information content (AvgIpc) is 2.46. The van der Waals surface area contributed by atoms with Crippen LogP contribution < -0.4 is 10.6 Å². The van der Waals surface area contributed by atoms with E-state index in [9.17, 15) is 0 Å². The summed E-state index contributed by atoms with van der Waals surface area (Å²) < 4.78 is 0. The van der Waals surface area contributed by atoms with E-state index < -0.39 is 0 Å². The maximum absolute atomic E-state index is 5.88. The van der Waals surface area contributed by atoms with Gasteiger partial charge in [-0.15, -0.1) is 0 Å². The van der Waals surface area contributed by atoms with Gasteiger partial charge in [0.15, 0.2) is 0 Å². The molecule has 21 heavy (non-hydrogen) atoms. The van der Waals surface area contributed by atoms with Crippen LogP contribution in [0.3, 0.4) is 0 Å². The highest BCUT2D eigenvalue weighted by Crippen LogP contribution is 2.14. The highest BCUT2D eigenvalue weighted by atomic mass is 35.5. The summed E-state index contributed by atoms with van der Waals surface area (Å²) in [6.07, 6.45) is 1.03. The summed E-state index contributed by atoms with van der Waals surface area (Å²) in [7, 11) is 0. The standard InChI is InChI=1S/C16H21ClN4/c1-4-11(2)19-16-20-12(3)9-15(21-16)18-10-13-5-7-14(17)8-6-13/h5-9,11H,4,10H2,1-3H3,(H2,18,19,20,21). The number of hydrogen-bond acceptors (Lipinski definition) is 4. The van der Waals surface area contributed by atoms with Gasteiger partial charge in [0.25, 0.3) is 0 Å². The van der Waals surface area contributed by atoms with Crippen molar-refractivity contribution in [3.63, 3.8) is 0 Å². The van der Waals surface area contributed by atoms with Gasteiger partial charge in [0.05, 0.1) is 0 Å². The molecule has 0 amide bonds. The molecule has 0 spiro atoms. The topological polar surface area (TPSA) is 49.8 Å². The van der Waals surface area contributed by atoms with Crippen LogP contribution in [0.4, 0.5) is 11.8 Å². The second-order valence-electron chi connectivity index (χ2n) is 5.15. The Bertz CT molecular complexity index is 583. The van der Waals surface area contributed by atoms with Crippen LogP contribution in [0.2, 0.25) is 5.02 Å². The van der Waals surface area contributed by atoms with Crippen molar-refractivity contribution in [3.8, 4) is 0 Å². The third kappa shape index (κ3) is 4.90. The first-order valence-corrected chi connectivity index (χ1v) is 7.55. The van der Waals surface area contributed by atoms with E-state index in [2.05, 4.69) is 34.4 Å². The van der Waals surface area contributed by atoms with Crippen LogP contribution in [-0.4, -0.2) is 16.0 Å². The highest BCUT2D eigenvalue weighted by molar-refractivity contribution is 6.30. The van der Waals surface area contributed by atoms with Gasteiger partial charge in [-0.05, 0) is 38.0 Å². The van der Waals surface area contributed by atoms with Crippen LogP contribution in [0.5, 0.6) is 0 Å². The van der Waals surface area contributed by atoms with Crippen molar-refractivity contribution in [2.45, 2.75) is 39.8 Å². The molecule has 4 nitrogen and oxygen atoms in total. The molecule has 1 heterocycles. The average molecular weight is 305 g/mol. The highest BCUT2D eigenvalue weighted by Gasteiger charge is 2.05. The maximum atomic E-state index is 5.88. The third-order valence-electron chi connectivity index (χ3n) is 3.23. The zero-order chi connectivity index (χ0) is 15.2. The largest absolute Gasteiger partial charge is 0.366 e. The van der Waals surface area contributed by atoms with E-state index in [1.165, 1.54) is 0 Å². The lowest BCUT2D eigenvalue weighted by atomic mass is 10.2. The fourth-order valence-electron chi connectivity index (χ4n) is 1.84.